The molecule has 160 valence electrons. The van der Waals surface area contributed by atoms with Crippen molar-refractivity contribution >= 4 is 29.2 Å². The molecular weight excluding hydrogens is 401 g/mol. The Kier molecular flexibility index (Phi) is 5.37. The maximum atomic E-state index is 13.6. The lowest BCUT2D eigenvalue weighted by Gasteiger charge is -2.40. The van der Waals surface area contributed by atoms with Gasteiger partial charge >= 0.3 is 5.97 Å². The number of nitrogens with zero attached hydrogens (tertiary/aromatic N) is 3. The van der Waals surface area contributed by atoms with E-state index in [4.69, 9.17) is 16.9 Å². The number of allylic oxidation sites excluding steroid dienone is 1. The number of H-pyrrole nitrogens is 1. The molecule has 1 fully saturated rings. The highest BCUT2D eigenvalue weighted by Gasteiger charge is 2.45. The maximum absolute atomic E-state index is 13.6. The topological polar surface area (TPSA) is 167 Å². The van der Waals surface area contributed by atoms with Gasteiger partial charge in [-0.25, -0.2) is 14.4 Å². The second-order valence-electron chi connectivity index (χ2n) is 7.64. The van der Waals surface area contributed by atoms with Crippen LogP contribution in [-0.4, -0.2) is 44.5 Å². The van der Waals surface area contributed by atoms with E-state index in [0.717, 1.165) is 25.1 Å². The average Bonchev–Trinajstić information content (AvgIpc) is 3.29. The number of hydrogen-bond donors (Lipinski definition) is 5. The van der Waals surface area contributed by atoms with E-state index < -0.39 is 23.7 Å². The first-order valence-electron chi connectivity index (χ1n) is 9.82. The van der Waals surface area contributed by atoms with Crippen LogP contribution in [0, 0.1) is 29.0 Å². The Labute approximate surface area is 177 Å². The first-order valence-corrected chi connectivity index (χ1v) is 9.82. The van der Waals surface area contributed by atoms with Gasteiger partial charge in [-0.05, 0) is 37.0 Å². The predicted octanol–water partition coefficient (Wildman–Crippen LogP) is 1.97. The molecule has 7 N–H and O–H groups in total. The Morgan fingerprint density at radius 1 is 1.32 bits per heavy atom. The van der Waals surface area contributed by atoms with Gasteiger partial charge in [-0.15, -0.1) is 0 Å². The summed E-state index contributed by atoms with van der Waals surface area (Å²) in [5.41, 5.74) is 12.0. The Bertz CT molecular complexity index is 1110. The van der Waals surface area contributed by atoms with Gasteiger partial charge in [0.05, 0.1) is 23.9 Å². The molecular formula is C21H22FN7O2. The first-order chi connectivity index (χ1) is 14.8. The Hall–Kier alpha value is -3.82. The molecule has 3 aliphatic rings. The monoisotopic (exact) mass is 423 g/mol. The lowest BCUT2D eigenvalue weighted by Crippen LogP contribution is -2.44. The molecule has 0 aromatic carbocycles. The number of aromatic amines is 1. The van der Waals surface area contributed by atoms with Crippen molar-refractivity contribution in [1.29, 1.82) is 5.41 Å². The van der Waals surface area contributed by atoms with Gasteiger partial charge in [0.2, 0.25) is 0 Å². The molecule has 9 nitrogen and oxygen atoms in total. The van der Waals surface area contributed by atoms with E-state index in [-0.39, 0.29) is 40.6 Å². The summed E-state index contributed by atoms with van der Waals surface area (Å²) in [4.78, 5) is 27.6. The summed E-state index contributed by atoms with van der Waals surface area (Å²) >= 11 is 0. The van der Waals surface area contributed by atoms with Crippen LogP contribution >= 0.6 is 0 Å². The predicted molar refractivity (Wildman–Crippen MR) is 115 cm³/mol. The second-order valence-corrected chi connectivity index (χ2v) is 7.64. The number of carbonyl (C=O) groups is 1. The summed E-state index contributed by atoms with van der Waals surface area (Å²) in [6.45, 7) is 0. The molecule has 2 aromatic heterocycles. The van der Waals surface area contributed by atoms with Gasteiger partial charge in [-0.2, -0.15) is 0 Å². The lowest BCUT2D eigenvalue weighted by atomic mass is 9.66. The molecule has 4 atom stereocenters. The van der Waals surface area contributed by atoms with E-state index in [1.807, 2.05) is 12.2 Å². The van der Waals surface area contributed by atoms with Gasteiger partial charge < -0.3 is 21.6 Å². The summed E-state index contributed by atoms with van der Waals surface area (Å²) in [7, 11) is 0. The smallest absolute Gasteiger partial charge is 0.309 e. The Morgan fingerprint density at radius 3 is 2.71 bits per heavy atom. The van der Waals surface area contributed by atoms with Crippen LogP contribution in [-0.2, 0) is 4.79 Å². The lowest BCUT2D eigenvalue weighted by molar-refractivity contribution is -0.145. The zero-order valence-electron chi connectivity index (χ0n) is 16.5. The minimum Gasteiger partial charge on any atom is -0.481 e. The van der Waals surface area contributed by atoms with Crippen molar-refractivity contribution < 1.29 is 14.3 Å². The third kappa shape index (κ3) is 3.96. The number of pyridine rings is 1. The average molecular weight is 423 g/mol. The van der Waals surface area contributed by atoms with Crippen LogP contribution in [0.5, 0.6) is 0 Å². The van der Waals surface area contributed by atoms with Crippen molar-refractivity contribution in [2.75, 3.05) is 5.73 Å². The zero-order chi connectivity index (χ0) is 22.1. The minimum absolute atomic E-state index is 0.00940. The molecule has 2 aromatic rings. The molecule has 5 rings (SSSR count). The van der Waals surface area contributed by atoms with Crippen LogP contribution in [0.1, 0.15) is 24.1 Å². The number of hydrogen-bond acceptors (Lipinski definition) is 5. The molecule has 0 amide bonds. The van der Waals surface area contributed by atoms with E-state index in [2.05, 4.69) is 20.0 Å². The highest BCUT2D eigenvalue weighted by atomic mass is 19.1. The third-order valence-electron chi connectivity index (χ3n) is 5.74. The Balaban J connectivity index is 1.74. The molecule has 0 radical (unpaired) electrons. The van der Waals surface area contributed by atoms with Crippen molar-refractivity contribution in [2.24, 2.45) is 33.5 Å². The standard InChI is InChI=1S/C21H22FN7O2/c22-12-8-13(18(24)27-9-12)16(23)19(25)29-20(14-2-1-7-26-14)28-17-11-5-3-10(4-6-11)15(17)21(30)31/h1-3,5,7-11,15,17,23,26H,4,6H2,(H2,24,27)(H,30,31)(H2,25,28,29)/t10-,11+,15+,17+/m1/s1. The van der Waals surface area contributed by atoms with Gasteiger partial charge in [0.1, 0.15) is 17.3 Å². The van der Waals surface area contributed by atoms with Gasteiger partial charge in [-0.3, -0.25) is 15.2 Å². The molecule has 2 heterocycles. The quantitative estimate of drug-likeness (QED) is 0.281. The number of nitrogens with two attached hydrogens (primary N) is 2. The molecule has 1 saturated carbocycles. The fourth-order valence-electron chi connectivity index (χ4n) is 4.20. The summed E-state index contributed by atoms with van der Waals surface area (Å²) in [6, 6.07) is 4.03. The van der Waals surface area contributed by atoms with Crippen LogP contribution in [0.15, 0.2) is 52.7 Å². The molecule has 0 unspecified atom stereocenters. The summed E-state index contributed by atoms with van der Waals surface area (Å²) in [6.07, 6.45) is 8.26. The van der Waals surface area contributed by atoms with Gasteiger partial charge in [0.15, 0.2) is 11.7 Å². The number of carboxylic acids is 1. The number of nitrogen functional groups attached to an aromatic ring is 1. The number of nitrogens with one attached hydrogen (secondary N) is 2. The molecule has 0 spiro atoms. The number of aromatic nitrogens is 2. The van der Waals surface area contributed by atoms with Crippen LogP contribution in [0.4, 0.5) is 10.2 Å². The second kappa shape index (κ2) is 8.13. The van der Waals surface area contributed by atoms with E-state index in [1.165, 1.54) is 0 Å². The number of halogens is 1. The van der Waals surface area contributed by atoms with Crippen molar-refractivity contribution in [1.82, 2.24) is 9.97 Å². The van der Waals surface area contributed by atoms with Crippen LogP contribution in [0.2, 0.25) is 0 Å². The molecule has 0 aliphatic heterocycles. The fraction of sp³-hybridized carbons (Fsp3) is 0.286. The normalized spacial score (nSPS) is 25.6. The van der Waals surface area contributed by atoms with Crippen molar-refractivity contribution in [3.63, 3.8) is 0 Å². The fourth-order valence-corrected chi connectivity index (χ4v) is 4.20. The molecule has 0 saturated heterocycles. The summed E-state index contributed by atoms with van der Waals surface area (Å²) in [5, 5.41) is 18.1. The first kappa shape index (κ1) is 20.5. The van der Waals surface area contributed by atoms with E-state index >= 15 is 0 Å². The molecule has 2 bridgehead atoms. The number of aliphatic carboxylic acids is 1. The Morgan fingerprint density at radius 2 is 2.06 bits per heavy atom. The van der Waals surface area contributed by atoms with Gasteiger partial charge in [-0.1, -0.05) is 12.2 Å². The highest BCUT2D eigenvalue weighted by Crippen LogP contribution is 2.42. The van der Waals surface area contributed by atoms with Crippen molar-refractivity contribution in [3.05, 3.63) is 59.8 Å². The van der Waals surface area contributed by atoms with Crippen LogP contribution < -0.4 is 11.5 Å². The minimum atomic E-state index is -0.901. The number of rotatable bonds is 5. The van der Waals surface area contributed by atoms with E-state index in [1.54, 1.807) is 18.3 Å². The number of fused-ring (bicyclic) bond motifs is 2. The molecule has 3 aliphatic carbocycles. The maximum Gasteiger partial charge on any atom is 0.309 e. The number of carboxylic acid groups (broad SMARTS) is 1. The largest absolute Gasteiger partial charge is 0.481 e. The highest BCUT2D eigenvalue weighted by molar-refractivity contribution is 6.48. The molecule has 31 heavy (non-hydrogen) atoms. The van der Waals surface area contributed by atoms with Crippen molar-refractivity contribution in [2.45, 2.75) is 18.9 Å². The summed E-state index contributed by atoms with van der Waals surface area (Å²) < 4.78 is 13.6. The van der Waals surface area contributed by atoms with Crippen molar-refractivity contribution in [3.8, 4) is 0 Å². The van der Waals surface area contributed by atoms with Gasteiger partial charge in [0.25, 0.3) is 0 Å². The SMILES string of the molecule is N=C(C(N)=NC(=N[C@@H]1[C@@H](C(=O)O)[C@@H]2C=C[C@H]1CC2)c1ccc[nH]1)c1cc(F)cnc1N. The van der Waals surface area contributed by atoms with E-state index in [0.29, 0.717) is 5.69 Å². The van der Waals surface area contributed by atoms with Gasteiger partial charge in [0, 0.05) is 17.7 Å². The zero-order valence-corrected chi connectivity index (χ0v) is 16.5. The number of amidine groups is 2. The third-order valence-corrected chi connectivity index (χ3v) is 5.74. The number of aliphatic imine (C=N–C) groups is 2. The van der Waals surface area contributed by atoms with Crippen LogP contribution in [0.3, 0.4) is 0 Å². The van der Waals surface area contributed by atoms with Crippen LogP contribution in [0.25, 0.3) is 0 Å². The number of anilines is 1. The summed E-state index contributed by atoms with van der Waals surface area (Å²) in [5.74, 6) is -2.44. The molecule has 10 heteroatoms. The van der Waals surface area contributed by atoms with E-state index in [9.17, 15) is 14.3 Å².